The lowest BCUT2D eigenvalue weighted by Crippen LogP contribution is -2.50. The Labute approximate surface area is 277 Å². The molecule has 1 aliphatic carbocycles. The first-order valence-electron chi connectivity index (χ1n) is 16.5. The molecule has 2 N–H and O–H groups in total. The van der Waals surface area contributed by atoms with Crippen molar-refractivity contribution in [2.24, 2.45) is 5.92 Å². The average Bonchev–Trinajstić information content (AvgIpc) is 3.16. The first-order chi connectivity index (χ1) is 23.3. The number of rotatable bonds is 7. The molecule has 47 heavy (non-hydrogen) atoms. The van der Waals surface area contributed by atoms with Crippen molar-refractivity contribution >= 4 is 39.1 Å². The first-order valence-corrected chi connectivity index (χ1v) is 16.5. The first kappa shape index (κ1) is 28.8. The maximum atomic E-state index is 3.88. The number of fused-ring (bicyclic) bond motifs is 1. The maximum Gasteiger partial charge on any atom is 0.0842 e. The Bertz CT molecular complexity index is 2060. The Balaban J connectivity index is 1.04. The molecule has 3 heteroatoms. The highest BCUT2D eigenvalue weighted by Gasteiger charge is 2.28. The van der Waals surface area contributed by atoms with Crippen molar-refractivity contribution in [3.63, 3.8) is 0 Å². The second-order valence-corrected chi connectivity index (χ2v) is 12.3. The molecule has 0 saturated heterocycles. The summed E-state index contributed by atoms with van der Waals surface area (Å²) in [4.78, 5) is 2.36. The molecule has 0 radical (unpaired) electrons. The van der Waals surface area contributed by atoms with E-state index in [2.05, 4.69) is 198 Å². The summed E-state index contributed by atoms with van der Waals surface area (Å²) in [6, 6.07) is 56.3. The largest absolute Gasteiger partial charge is 0.369 e. The molecule has 3 nitrogen and oxygen atoms in total. The predicted molar refractivity (Wildman–Crippen MR) is 198 cm³/mol. The van der Waals surface area contributed by atoms with Crippen LogP contribution in [0.25, 0.3) is 22.0 Å². The molecule has 228 valence electrons. The van der Waals surface area contributed by atoms with Gasteiger partial charge in [-0.25, -0.2) is 0 Å². The van der Waals surface area contributed by atoms with Gasteiger partial charge in [0, 0.05) is 28.4 Å². The van der Waals surface area contributed by atoms with Crippen LogP contribution in [0.2, 0.25) is 0 Å². The van der Waals surface area contributed by atoms with Crippen LogP contribution in [0.4, 0.5) is 17.1 Å². The summed E-state index contributed by atoms with van der Waals surface area (Å²) in [6.07, 6.45) is 10.4. The standard InChI is InChI=1S/C44H37N3/c1-4-14-35(15-5-1)41-31-42(36-16-6-2-7-17-36)46-44(45-41)37-25-23-32(24-26-37)33-27-29-39(30-28-33)47(38-19-8-3-9-20-38)43-22-12-18-34-13-10-11-21-40(34)43/h1-25,27-31,37,41,44-46H,26H2. The Morgan fingerprint density at radius 2 is 1.23 bits per heavy atom. The fourth-order valence-electron chi connectivity index (χ4n) is 6.86. The smallest absolute Gasteiger partial charge is 0.0842 e. The van der Waals surface area contributed by atoms with E-state index in [0.717, 1.165) is 17.8 Å². The van der Waals surface area contributed by atoms with Crippen molar-refractivity contribution in [1.29, 1.82) is 0 Å². The van der Waals surface area contributed by atoms with Gasteiger partial charge in [0.05, 0.1) is 17.9 Å². The molecule has 8 rings (SSSR count). The van der Waals surface area contributed by atoms with Gasteiger partial charge in [0.25, 0.3) is 0 Å². The zero-order valence-electron chi connectivity index (χ0n) is 26.2. The zero-order chi connectivity index (χ0) is 31.4. The molecule has 6 aromatic rings. The molecule has 1 aliphatic heterocycles. The van der Waals surface area contributed by atoms with E-state index in [4.69, 9.17) is 0 Å². The van der Waals surface area contributed by atoms with Crippen LogP contribution in [-0.4, -0.2) is 6.17 Å². The minimum Gasteiger partial charge on any atom is -0.369 e. The van der Waals surface area contributed by atoms with Gasteiger partial charge < -0.3 is 10.2 Å². The van der Waals surface area contributed by atoms with Crippen LogP contribution in [-0.2, 0) is 0 Å². The molecule has 3 atom stereocenters. The highest BCUT2D eigenvalue weighted by Crippen LogP contribution is 2.39. The lowest BCUT2D eigenvalue weighted by Gasteiger charge is -2.37. The summed E-state index contributed by atoms with van der Waals surface area (Å²) in [5.41, 5.74) is 9.60. The van der Waals surface area contributed by atoms with Crippen molar-refractivity contribution in [3.8, 4) is 0 Å². The summed E-state index contributed by atoms with van der Waals surface area (Å²) >= 11 is 0. The molecule has 0 aromatic heterocycles. The van der Waals surface area contributed by atoms with Crippen molar-refractivity contribution in [1.82, 2.24) is 10.6 Å². The van der Waals surface area contributed by atoms with Gasteiger partial charge in [0.15, 0.2) is 0 Å². The Kier molecular flexibility index (Phi) is 7.97. The van der Waals surface area contributed by atoms with Gasteiger partial charge in [-0.15, -0.1) is 0 Å². The number of hydrogen-bond acceptors (Lipinski definition) is 3. The minimum absolute atomic E-state index is 0.108. The third-order valence-electron chi connectivity index (χ3n) is 9.29. The summed E-state index contributed by atoms with van der Waals surface area (Å²) in [5.74, 6) is 0.316. The van der Waals surface area contributed by atoms with E-state index in [1.807, 2.05) is 0 Å². The Morgan fingerprint density at radius 3 is 1.98 bits per heavy atom. The summed E-state index contributed by atoms with van der Waals surface area (Å²) in [7, 11) is 0. The number of allylic oxidation sites excluding steroid dienone is 3. The number of para-hydroxylation sites is 1. The van der Waals surface area contributed by atoms with Gasteiger partial charge in [0.2, 0.25) is 0 Å². The quantitative estimate of drug-likeness (QED) is 0.189. The van der Waals surface area contributed by atoms with Crippen LogP contribution >= 0.6 is 0 Å². The van der Waals surface area contributed by atoms with Gasteiger partial charge in [-0.2, -0.15) is 0 Å². The molecule has 0 spiro atoms. The van der Waals surface area contributed by atoms with Crippen LogP contribution < -0.4 is 15.5 Å². The van der Waals surface area contributed by atoms with Crippen LogP contribution in [0, 0.1) is 5.92 Å². The third kappa shape index (κ3) is 6.02. The highest BCUT2D eigenvalue weighted by atomic mass is 15.2. The van der Waals surface area contributed by atoms with Gasteiger partial charge in [-0.1, -0.05) is 146 Å². The Morgan fingerprint density at radius 1 is 0.574 bits per heavy atom. The molecule has 6 aromatic carbocycles. The van der Waals surface area contributed by atoms with Gasteiger partial charge in [0.1, 0.15) is 0 Å². The van der Waals surface area contributed by atoms with Crippen molar-refractivity contribution in [2.75, 3.05) is 4.90 Å². The van der Waals surface area contributed by atoms with Gasteiger partial charge in [-0.05, 0) is 70.5 Å². The monoisotopic (exact) mass is 607 g/mol. The molecule has 1 heterocycles. The van der Waals surface area contributed by atoms with E-state index in [-0.39, 0.29) is 12.2 Å². The van der Waals surface area contributed by atoms with E-state index in [0.29, 0.717) is 5.92 Å². The topological polar surface area (TPSA) is 27.3 Å². The van der Waals surface area contributed by atoms with Gasteiger partial charge >= 0.3 is 0 Å². The van der Waals surface area contributed by atoms with Crippen LogP contribution in [0.1, 0.15) is 29.2 Å². The molecule has 3 unspecified atom stereocenters. The van der Waals surface area contributed by atoms with Crippen molar-refractivity contribution in [2.45, 2.75) is 18.6 Å². The number of nitrogens with one attached hydrogen (secondary N) is 2. The van der Waals surface area contributed by atoms with E-state index in [9.17, 15) is 0 Å². The normalized spacial score (nSPS) is 19.0. The molecule has 0 amide bonds. The number of hydrogen-bond donors (Lipinski definition) is 2. The van der Waals surface area contributed by atoms with Crippen molar-refractivity contribution in [3.05, 3.63) is 199 Å². The lowest BCUT2D eigenvalue weighted by molar-refractivity contribution is 0.347. The highest BCUT2D eigenvalue weighted by molar-refractivity contribution is 5.99. The van der Waals surface area contributed by atoms with Crippen LogP contribution in [0.15, 0.2) is 182 Å². The number of anilines is 3. The predicted octanol–water partition coefficient (Wildman–Crippen LogP) is 10.6. The molecule has 0 saturated carbocycles. The van der Waals surface area contributed by atoms with E-state index >= 15 is 0 Å². The molecular weight excluding hydrogens is 571 g/mol. The van der Waals surface area contributed by atoms with E-state index in [1.165, 1.54) is 44.4 Å². The number of benzene rings is 6. The van der Waals surface area contributed by atoms with Crippen molar-refractivity contribution < 1.29 is 0 Å². The summed E-state index contributed by atoms with van der Waals surface area (Å²) in [6.45, 7) is 0. The minimum atomic E-state index is 0.108. The average molecular weight is 608 g/mol. The molecule has 0 bridgehead atoms. The summed E-state index contributed by atoms with van der Waals surface area (Å²) in [5, 5.41) is 10.2. The van der Waals surface area contributed by atoms with Gasteiger partial charge in [-0.3, -0.25) is 5.32 Å². The lowest BCUT2D eigenvalue weighted by atomic mass is 9.89. The third-order valence-corrected chi connectivity index (χ3v) is 9.29. The fraction of sp³-hybridized carbons (Fsp3) is 0.0909. The van der Waals surface area contributed by atoms with E-state index in [1.54, 1.807) is 0 Å². The number of nitrogens with zero attached hydrogens (tertiary/aromatic N) is 1. The SMILES string of the molecule is C1=CC(C2NC(c3ccccc3)=CC(c3ccccc3)N2)CC=C1c1ccc(N(c2ccccc2)c2cccc3ccccc23)cc1. The second-order valence-electron chi connectivity index (χ2n) is 12.3. The molecule has 2 aliphatic rings. The van der Waals surface area contributed by atoms with E-state index < -0.39 is 0 Å². The fourth-order valence-corrected chi connectivity index (χ4v) is 6.86. The molecular formula is C44H37N3. The second kappa shape index (κ2) is 13.0. The van der Waals surface area contributed by atoms with Crippen LogP contribution in [0.3, 0.4) is 0 Å². The Hall–Kier alpha value is -5.64. The maximum absolute atomic E-state index is 3.88. The van der Waals surface area contributed by atoms with Crippen LogP contribution in [0.5, 0.6) is 0 Å². The zero-order valence-corrected chi connectivity index (χ0v) is 26.2. The summed E-state index contributed by atoms with van der Waals surface area (Å²) < 4.78 is 0. The molecule has 0 fully saturated rings.